The molecule has 0 saturated heterocycles. The maximum atomic E-state index is 14.3. The molecule has 8 nitrogen and oxygen atoms in total. The van der Waals surface area contributed by atoms with Gasteiger partial charge in [-0.3, -0.25) is 9.52 Å². The Bertz CT molecular complexity index is 962. The molecule has 146 valence electrons. The average Bonchev–Trinajstić information content (AvgIpc) is 2.60. The second-order valence-corrected chi connectivity index (χ2v) is 6.99. The molecule has 2 N–H and O–H groups in total. The lowest BCUT2D eigenvalue weighted by Gasteiger charge is -2.14. The smallest absolute Gasteiger partial charge is 0.264 e. The van der Waals surface area contributed by atoms with Gasteiger partial charge in [0.1, 0.15) is 16.5 Å². The van der Waals surface area contributed by atoms with Gasteiger partial charge in [0, 0.05) is 19.1 Å². The molecular formula is C17H19FN2O6S. The van der Waals surface area contributed by atoms with E-state index < -0.39 is 20.7 Å². The number of carbonyl (C=O) groups excluding carboxylic acids is 1. The Hall–Kier alpha value is -3.01. The number of anilines is 2. The summed E-state index contributed by atoms with van der Waals surface area (Å²) in [6.45, 7) is 1.30. The van der Waals surface area contributed by atoms with Gasteiger partial charge in [-0.2, -0.15) is 0 Å². The van der Waals surface area contributed by atoms with Crippen LogP contribution in [0.3, 0.4) is 0 Å². The number of sulfonamides is 1. The molecule has 0 aliphatic carbocycles. The lowest BCUT2D eigenvalue weighted by Crippen LogP contribution is -2.15. The summed E-state index contributed by atoms with van der Waals surface area (Å²) in [5.41, 5.74) is 0.367. The van der Waals surface area contributed by atoms with E-state index in [1.807, 2.05) is 0 Å². The van der Waals surface area contributed by atoms with Gasteiger partial charge in [0.15, 0.2) is 11.5 Å². The van der Waals surface area contributed by atoms with Crippen molar-refractivity contribution < 1.29 is 31.8 Å². The summed E-state index contributed by atoms with van der Waals surface area (Å²) in [5.74, 6) is -0.903. The number of hydrogen-bond acceptors (Lipinski definition) is 6. The van der Waals surface area contributed by atoms with Gasteiger partial charge in [-0.1, -0.05) is 0 Å². The zero-order chi connectivity index (χ0) is 20.2. The summed E-state index contributed by atoms with van der Waals surface area (Å²) in [6, 6.07) is 6.18. The zero-order valence-electron chi connectivity index (χ0n) is 15.1. The van der Waals surface area contributed by atoms with Crippen molar-refractivity contribution in [2.24, 2.45) is 0 Å². The van der Waals surface area contributed by atoms with Gasteiger partial charge >= 0.3 is 0 Å². The van der Waals surface area contributed by atoms with E-state index in [-0.39, 0.29) is 28.8 Å². The molecule has 27 heavy (non-hydrogen) atoms. The Morgan fingerprint density at radius 3 is 2.11 bits per heavy atom. The van der Waals surface area contributed by atoms with Crippen molar-refractivity contribution in [3.63, 3.8) is 0 Å². The van der Waals surface area contributed by atoms with Crippen LogP contribution in [0.4, 0.5) is 15.8 Å². The molecule has 0 aliphatic rings. The van der Waals surface area contributed by atoms with Crippen molar-refractivity contribution in [1.29, 1.82) is 0 Å². The number of ether oxygens (including phenoxy) is 3. The van der Waals surface area contributed by atoms with Gasteiger partial charge in [0.05, 0.1) is 32.7 Å². The third kappa shape index (κ3) is 4.59. The highest BCUT2D eigenvalue weighted by Gasteiger charge is 2.23. The summed E-state index contributed by atoms with van der Waals surface area (Å²) in [7, 11) is -0.256. The van der Waals surface area contributed by atoms with E-state index in [1.165, 1.54) is 46.5 Å². The van der Waals surface area contributed by atoms with Crippen LogP contribution < -0.4 is 24.2 Å². The van der Waals surface area contributed by atoms with E-state index in [4.69, 9.17) is 14.2 Å². The van der Waals surface area contributed by atoms with Crippen LogP contribution in [0.25, 0.3) is 0 Å². The number of amides is 1. The summed E-state index contributed by atoms with van der Waals surface area (Å²) >= 11 is 0. The highest BCUT2D eigenvalue weighted by molar-refractivity contribution is 7.92. The Morgan fingerprint density at radius 1 is 0.963 bits per heavy atom. The average molecular weight is 398 g/mol. The first-order chi connectivity index (χ1) is 12.7. The van der Waals surface area contributed by atoms with Crippen LogP contribution in [-0.4, -0.2) is 35.7 Å². The van der Waals surface area contributed by atoms with Crippen LogP contribution in [0.2, 0.25) is 0 Å². The third-order valence-electron chi connectivity index (χ3n) is 3.49. The van der Waals surface area contributed by atoms with Gasteiger partial charge in [-0.15, -0.1) is 0 Å². The molecule has 2 aromatic rings. The maximum Gasteiger partial charge on any atom is 0.264 e. The minimum absolute atomic E-state index is 0.0614. The Balaban J connectivity index is 2.43. The van der Waals surface area contributed by atoms with Gasteiger partial charge in [0.2, 0.25) is 5.91 Å². The van der Waals surface area contributed by atoms with Crippen molar-refractivity contribution >= 4 is 27.3 Å². The molecule has 0 bridgehead atoms. The van der Waals surface area contributed by atoms with Crippen LogP contribution in [0, 0.1) is 5.82 Å². The van der Waals surface area contributed by atoms with Gasteiger partial charge in [0.25, 0.3) is 10.0 Å². The summed E-state index contributed by atoms with van der Waals surface area (Å²) in [5, 5.41) is 2.53. The van der Waals surface area contributed by atoms with E-state index in [9.17, 15) is 17.6 Å². The molecule has 0 atom stereocenters. The molecule has 0 aliphatic heterocycles. The fourth-order valence-electron chi connectivity index (χ4n) is 2.31. The van der Waals surface area contributed by atoms with Crippen molar-refractivity contribution in [3.05, 3.63) is 36.1 Å². The quantitative estimate of drug-likeness (QED) is 0.743. The largest absolute Gasteiger partial charge is 0.495 e. The van der Waals surface area contributed by atoms with Gasteiger partial charge < -0.3 is 19.5 Å². The Morgan fingerprint density at radius 2 is 1.56 bits per heavy atom. The number of hydrogen-bond donors (Lipinski definition) is 2. The zero-order valence-corrected chi connectivity index (χ0v) is 15.9. The van der Waals surface area contributed by atoms with E-state index in [0.29, 0.717) is 5.75 Å². The standard InChI is InChI=1S/C17H19FN2O6S/c1-10(21)19-13-7-11(5-6-14(13)24-2)20-27(22,23)17-9-16(26-4)15(25-3)8-12(17)18/h5-9,20H,1-4H3,(H,19,21). The number of halogens is 1. The minimum Gasteiger partial charge on any atom is -0.495 e. The molecular weight excluding hydrogens is 379 g/mol. The third-order valence-corrected chi connectivity index (χ3v) is 4.89. The minimum atomic E-state index is -4.28. The number of nitrogens with one attached hydrogen (secondary N) is 2. The molecule has 2 rings (SSSR count). The van der Waals surface area contributed by atoms with E-state index in [0.717, 1.165) is 12.1 Å². The summed E-state index contributed by atoms with van der Waals surface area (Å²) in [4.78, 5) is 10.7. The molecule has 0 spiro atoms. The van der Waals surface area contributed by atoms with E-state index >= 15 is 0 Å². The summed E-state index contributed by atoms with van der Waals surface area (Å²) < 4.78 is 56.9. The number of methoxy groups -OCH3 is 3. The molecule has 0 saturated carbocycles. The molecule has 0 heterocycles. The fraction of sp³-hybridized carbons (Fsp3) is 0.235. The predicted molar refractivity (Wildman–Crippen MR) is 97.6 cm³/mol. The van der Waals surface area contributed by atoms with Crippen LogP contribution in [0.15, 0.2) is 35.2 Å². The SMILES string of the molecule is COc1ccc(NS(=O)(=O)c2cc(OC)c(OC)cc2F)cc1NC(C)=O. The highest BCUT2D eigenvalue weighted by Crippen LogP contribution is 2.33. The molecule has 0 unspecified atom stereocenters. The molecule has 10 heteroatoms. The highest BCUT2D eigenvalue weighted by atomic mass is 32.2. The first-order valence-electron chi connectivity index (χ1n) is 7.61. The molecule has 1 amide bonds. The normalized spacial score (nSPS) is 10.9. The topological polar surface area (TPSA) is 103 Å². The van der Waals surface area contributed by atoms with Crippen LogP contribution in [-0.2, 0) is 14.8 Å². The number of benzene rings is 2. The second-order valence-electron chi connectivity index (χ2n) is 5.34. The lowest BCUT2D eigenvalue weighted by molar-refractivity contribution is -0.114. The van der Waals surface area contributed by atoms with Crippen LogP contribution >= 0.6 is 0 Å². The maximum absolute atomic E-state index is 14.3. The molecule has 0 radical (unpaired) electrons. The van der Waals surface area contributed by atoms with Gasteiger partial charge in [-0.05, 0) is 18.2 Å². The lowest BCUT2D eigenvalue weighted by atomic mass is 10.2. The van der Waals surface area contributed by atoms with Crippen molar-refractivity contribution in [2.45, 2.75) is 11.8 Å². The monoisotopic (exact) mass is 398 g/mol. The van der Waals surface area contributed by atoms with Crippen LogP contribution in [0.1, 0.15) is 6.92 Å². The first kappa shape index (κ1) is 20.3. The van der Waals surface area contributed by atoms with Crippen molar-refractivity contribution in [2.75, 3.05) is 31.4 Å². The Kier molecular flexibility index (Phi) is 6.11. The van der Waals surface area contributed by atoms with E-state index in [1.54, 1.807) is 0 Å². The molecule has 2 aromatic carbocycles. The fourth-order valence-corrected chi connectivity index (χ4v) is 3.44. The van der Waals surface area contributed by atoms with Crippen molar-refractivity contribution in [3.8, 4) is 17.2 Å². The van der Waals surface area contributed by atoms with Crippen LogP contribution in [0.5, 0.6) is 17.2 Å². The Labute approximate surface area is 156 Å². The van der Waals surface area contributed by atoms with Gasteiger partial charge in [-0.25, -0.2) is 12.8 Å². The second kappa shape index (κ2) is 8.12. The van der Waals surface area contributed by atoms with Crippen molar-refractivity contribution in [1.82, 2.24) is 0 Å². The predicted octanol–water partition coefficient (Wildman–Crippen LogP) is 2.61. The molecule has 0 fully saturated rings. The summed E-state index contributed by atoms with van der Waals surface area (Å²) in [6.07, 6.45) is 0. The van der Waals surface area contributed by atoms with E-state index in [2.05, 4.69) is 10.0 Å². The number of carbonyl (C=O) groups is 1. The first-order valence-corrected chi connectivity index (χ1v) is 9.10. The number of rotatable bonds is 7. The molecule has 0 aromatic heterocycles.